The van der Waals surface area contributed by atoms with Gasteiger partial charge in [-0.15, -0.1) is 0 Å². The number of aromatic amines is 1. The number of H-pyrrole nitrogens is 1. The fourth-order valence-corrected chi connectivity index (χ4v) is 3.80. The van der Waals surface area contributed by atoms with Crippen molar-refractivity contribution in [3.63, 3.8) is 0 Å². The summed E-state index contributed by atoms with van der Waals surface area (Å²) < 4.78 is 45.1. The Balaban J connectivity index is 1.45. The zero-order valence-corrected chi connectivity index (χ0v) is 18.8. The molecular weight excluding hydrogens is 486 g/mol. The number of carbonyl (C=O) groups excluding carboxylic acids is 1. The molecule has 2 heterocycles. The number of β-amino-alcohol motifs (C(OH)–C–C–N with tert-alkyl or cyclic N) is 1. The number of likely N-dealkylation sites (tertiary alicyclic amines) is 1. The number of aromatic nitrogens is 1. The Morgan fingerprint density at radius 2 is 1.91 bits per heavy atom. The molecule has 1 fully saturated rings. The normalized spacial score (nSPS) is 16.4. The predicted octanol–water partition coefficient (Wildman–Crippen LogP) is 3.33. The van der Waals surface area contributed by atoms with E-state index >= 15 is 0 Å². The fraction of sp³-hybridized carbons (Fsp3) is 0.429. The van der Waals surface area contributed by atoms with Crippen molar-refractivity contribution < 1.29 is 27.8 Å². The van der Waals surface area contributed by atoms with E-state index in [0.717, 1.165) is 12.1 Å². The van der Waals surface area contributed by atoms with E-state index in [4.69, 9.17) is 27.9 Å². The van der Waals surface area contributed by atoms with E-state index in [1.807, 2.05) is 4.90 Å². The van der Waals surface area contributed by atoms with Gasteiger partial charge in [-0.3, -0.25) is 9.59 Å². The zero-order valence-electron chi connectivity index (χ0n) is 17.3. The van der Waals surface area contributed by atoms with Crippen molar-refractivity contribution in [1.82, 2.24) is 15.2 Å². The molecule has 0 spiro atoms. The van der Waals surface area contributed by atoms with E-state index in [-0.39, 0.29) is 19.2 Å². The second kappa shape index (κ2) is 10.8. The Hall–Kier alpha value is -2.27. The minimum absolute atomic E-state index is 0.0311. The summed E-state index contributed by atoms with van der Waals surface area (Å²) in [5, 5.41) is 13.4. The number of carbonyl (C=O) groups is 1. The molecule has 0 aliphatic carbocycles. The highest BCUT2D eigenvalue weighted by Gasteiger charge is 2.36. The first-order valence-corrected chi connectivity index (χ1v) is 10.9. The number of rotatable bonds is 7. The molecule has 1 saturated heterocycles. The van der Waals surface area contributed by atoms with Crippen molar-refractivity contribution in [3.05, 3.63) is 62.0 Å². The van der Waals surface area contributed by atoms with Crippen LogP contribution in [0.4, 0.5) is 13.2 Å². The lowest BCUT2D eigenvalue weighted by Crippen LogP contribution is -2.45. The molecule has 0 saturated carbocycles. The van der Waals surface area contributed by atoms with Gasteiger partial charge in [-0.1, -0.05) is 23.2 Å². The number of benzene rings is 1. The molecule has 33 heavy (non-hydrogen) atoms. The third-order valence-corrected chi connectivity index (χ3v) is 5.88. The van der Waals surface area contributed by atoms with Crippen molar-refractivity contribution in [2.75, 3.05) is 26.2 Å². The molecule has 7 nitrogen and oxygen atoms in total. The number of pyridine rings is 1. The molecule has 2 aromatic rings. The third-order valence-electron chi connectivity index (χ3n) is 5.14. The van der Waals surface area contributed by atoms with Gasteiger partial charge in [-0.2, -0.15) is 13.2 Å². The smallest absolute Gasteiger partial charge is 0.432 e. The van der Waals surface area contributed by atoms with Crippen molar-refractivity contribution in [1.29, 1.82) is 0 Å². The average Bonchev–Trinajstić information content (AvgIpc) is 2.75. The quantitative estimate of drug-likeness (QED) is 0.534. The van der Waals surface area contributed by atoms with Crippen LogP contribution in [-0.2, 0) is 6.18 Å². The third kappa shape index (κ3) is 7.10. The molecule has 12 heteroatoms. The number of nitrogens with zero attached hydrogens (tertiary/aromatic N) is 1. The van der Waals surface area contributed by atoms with Crippen LogP contribution >= 0.6 is 23.2 Å². The summed E-state index contributed by atoms with van der Waals surface area (Å²) in [6, 6.07) is 6.69. The van der Waals surface area contributed by atoms with Crippen LogP contribution in [0.1, 0.15) is 28.9 Å². The molecule has 0 radical (unpaired) electrons. The van der Waals surface area contributed by atoms with E-state index in [1.54, 1.807) is 23.2 Å². The molecule has 1 aliphatic rings. The molecule has 1 amide bonds. The molecular formula is C21H22Cl2F3N3O4. The molecule has 0 unspecified atom stereocenters. The second-order valence-electron chi connectivity index (χ2n) is 7.67. The lowest BCUT2D eigenvalue weighted by atomic mass is 10.1. The molecule has 1 aromatic carbocycles. The van der Waals surface area contributed by atoms with Crippen molar-refractivity contribution in [3.8, 4) is 5.75 Å². The number of piperidine rings is 1. The van der Waals surface area contributed by atoms with Gasteiger partial charge in [0.05, 0.1) is 21.7 Å². The second-order valence-corrected chi connectivity index (χ2v) is 8.48. The highest BCUT2D eigenvalue weighted by Crippen LogP contribution is 2.30. The molecule has 3 N–H and O–H groups in total. The summed E-state index contributed by atoms with van der Waals surface area (Å²) in [7, 11) is 0. The van der Waals surface area contributed by atoms with E-state index in [1.165, 1.54) is 0 Å². The van der Waals surface area contributed by atoms with Gasteiger partial charge in [-0.05, 0) is 31.0 Å². The summed E-state index contributed by atoms with van der Waals surface area (Å²) in [5.41, 5.74) is -3.11. The van der Waals surface area contributed by atoms with Crippen LogP contribution < -0.4 is 15.6 Å². The SMILES string of the molecule is O=C(NC[C@@H](O)CN1CCC(Oc2ccc(Cl)c(Cl)c2)CC1)c1ccc(=O)[nH]c1C(F)(F)F. The lowest BCUT2D eigenvalue weighted by Gasteiger charge is -2.33. The Kier molecular flexibility index (Phi) is 8.28. The van der Waals surface area contributed by atoms with Gasteiger partial charge in [0.25, 0.3) is 5.91 Å². The van der Waals surface area contributed by atoms with E-state index in [2.05, 4.69) is 5.32 Å². The maximum absolute atomic E-state index is 13.1. The number of amides is 1. The summed E-state index contributed by atoms with van der Waals surface area (Å²) in [6.07, 6.45) is -4.51. The Morgan fingerprint density at radius 1 is 1.21 bits per heavy atom. The van der Waals surface area contributed by atoms with Gasteiger partial charge < -0.3 is 25.0 Å². The molecule has 1 atom stereocenters. The van der Waals surface area contributed by atoms with Gasteiger partial charge in [-0.25, -0.2) is 0 Å². The van der Waals surface area contributed by atoms with Gasteiger partial charge in [0.15, 0.2) is 0 Å². The van der Waals surface area contributed by atoms with Crippen LogP contribution in [0.2, 0.25) is 10.0 Å². The summed E-state index contributed by atoms with van der Waals surface area (Å²) >= 11 is 11.9. The first kappa shape index (κ1) is 25.4. The molecule has 3 rings (SSSR count). The van der Waals surface area contributed by atoms with Crippen molar-refractivity contribution in [2.24, 2.45) is 0 Å². The van der Waals surface area contributed by atoms with E-state index in [0.29, 0.717) is 41.7 Å². The van der Waals surface area contributed by atoms with Gasteiger partial charge in [0, 0.05) is 38.3 Å². The average molecular weight is 508 g/mol. The Morgan fingerprint density at radius 3 is 2.55 bits per heavy atom. The zero-order chi connectivity index (χ0) is 24.2. The predicted molar refractivity (Wildman–Crippen MR) is 117 cm³/mol. The summed E-state index contributed by atoms with van der Waals surface area (Å²) in [6.45, 7) is 1.26. The van der Waals surface area contributed by atoms with Crippen LogP contribution in [-0.4, -0.2) is 59.3 Å². The summed E-state index contributed by atoms with van der Waals surface area (Å²) in [5.74, 6) is -0.419. The number of nitrogens with one attached hydrogen (secondary N) is 2. The molecule has 0 bridgehead atoms. The fourth-order valence-electron chi connectivity index (χ4n) is 3.51. The van der Waals surface area contributed by atoms with Gasteiger partial charge in [0.2, 0.25) is 5.56 Å². The standard InChI is InChI=1S/C21H22Cl2F3N3O4/c22-16-3-1-14(9-17(16)23)33-13-5-7-29(8-6-13)11-12(30)10-27-20(32)15-2-4-18(31)28-19(15)21(24,25)26/h1-4,9,12-13,30H,5-8,10-11H2,(H,27,32)(H,28,31)/t12-/m1/s1. The van der Waals surface area contributed by atoms with Crippen LogP contribution in [0.25, 0.3) is 0 Å². The number of ether oxygens (including phenoxy) is 1. The van der Waals surface area contributed by atoms with E-state index in [9.17, 15) is 27.9 Å². The Bertz CT molecular complexity index is 1040. The van der Waals surface area contributed by atoms with E-state index < -0.39 is 35.0 Å². The topological polar surface area (TPSA) is 94.7 Å². The summed E-state index contributed by atoms with van der Waals surface area (Å²) in [4.78, 5) is 27.0. The van der Waals surface area contributed by atoms with Crippen molar-refractivity contribution >= 4 is 29.1 Å². The van der Waals surface area contributed by atoms with Crippen LogP contribution in [0.5, 0.6) is 5.75 Å². The first-order chi connectivity index (χ1) is 15.5. The number of hydrogen-bond acceptors (Lipinski definition) is 5. The van der Waals surface area contributed by atoms with Gasteiger partial charge in [0.1, 0.15) is 17.5 Å². The maximum atomic E-state index is 13.1. The molecule has 1 aliphatic heterocycles. The van der Waals surface area contributed by atoms with Crippen LogP contribution in [0.15, 0.2) is 35.1 Å². The lowest BCUT2D eigenvalue weighted by molar-refractivity contribution is -0.141. The van der Waals surface area contributed by atoms with Crippen LogP contribution in [0, 0.1) is 0 Å². The highest BCUT2D eigenvalue weighted by molar-refractivity contribution is 6.42. The van der Waals surface area contributed by atoms with Crippen LogP contribution in [0.3, 0.4) is 0 Å². The number of aliphatic hydroxyl groups is 1. The number of aliphatic hydroxyl groups excluding tert-OH is 1. The minimum Gasteiger partial charge on any atom is -0.490 e. The first-order valence-electron chi connectivity index (χ1n) is 10.1. The van der Waals surface area contributed by atoms with Crippen molar-refractivity contribution in [2.45, 2.75) is 31.2 Å². The van der Waals surface area contributed by atoms with Gasteiger partial charge >= 0.3 is 6.18 Å². The molecule has 180 valence electrons. The molecule has 1 aromatic heterocycles. The minimum atomic E-state index is -4.89. The monoisotopic (exact) mass is 507 g/mol. The largest absolute Gasteiger partial charge is 0.490 e. The number of alkyl halides is 3. The maximum Gasteiger partial charge on any atom is 0.432 e. The highest BCUT2D eigenvalue weighted by atomic mass is 35.5. The Labute approximate surface area is 197 Å². The number of halogens is 5. The number of hydrogen-bond donors (Lipinski definition) is 3.